The van der Waals surface area contributed by atoms with Gasteiger partial charge >= 0.3 is 0 Å². The molecule has 1 N–H and O–H groups in total. The summed E-state index contributed by atoms with van der Waals surface area (Å²) in [6.45, 7) is -0.164. The van der Waals surface area contributed by atoms with E-state index in [0.29, 0.717) is 21.3 Å². The average Bonchev–Trinajstić information content (AvgIpc) is 2.51. The highest BCUT2D eigenvalue weighted by atomic mass is 35.5. The molecule has 5 nitrogen and oxygen atoms in total. The monoisotopic (exact) mass is 371 g/mol. The van der Waals surface area contributed by atoms with Crippen LogP contribution >= 0.6 is 34.8 Å². The van der Waals surface area contributed by atoms with Crippen LogP contribution in [0.3, 0.4) is 0 Å². The molecule has 2 aromatic rings. The van der Waals surface area contributed by atoms with Crippen molar-refractivity contribution in [2.45, 2.75) is 0 Å². The summed E-state index contributed by atoms with van der Waals surface area (Å²) in [4.78, 5) is 29.3. The van der Waals surface area contributed by atoms with Gasteiger partial charge in [0.15, 0.2) is 0 Å². The molecule has 1 heterocycles. The number of nitrogens with one attached hydrogen (secondary N) is 1. The SMILES string of the molecule is CN(CC(=O)Nc1c(Cl)cccc1Cl)C(=O)c1ccc(Cl)nc1. The number of benzene rings is 1. The molecule has 0 aliphatic heterocycles. The molecule has 0 radical (unpaired) electrons. The van der Waals surface area contributed by atoms with Gasteiger partial charge in [0.1, 0.15) is 5.15 Å². The van der Waals surface area contributed by atoms with Gasteiger partial charge in [-0.1, -0.05) is 40.9 Å². The van der Waals surface area contributed by atoms with E-state index in [1.165, 1.54) is 30.3 Å². The molecule has 23 heavy (non-hydrogen) atoms. The minimum absolute atomic E-state index is 0.164. The summed E-state index contributed by atoms with van der Waals surface area (Å²) >= 11 is 17.6. The van der Waals surface area contributed by atoms with Gasteiger partial charge < -0.3 is 10.2 Å². The van der Waals surface area contributed by atoms with Gasteiger partial charge in [0.2, 0.25) is 5.91 Å². The molecule has 1 aromatic heterocycles. The smallest absolute Gasteiger partial charge is 0.255 e. The van der Waals surface area contributed by atoms with Crippen molar-refractivity contribution >= 4 is 52.3 Å². The van der Waals surface area contributed by atoms with Gasteiger partial charge in [-0.15, -0.1) is 0 Å². The summed E-state index contributed by atoms with van der Waals surface area (Å²) < 4.78 is 0. The maximum Gasteiger partial charge on any atom is 0.255 e. The normalized spacial score (nSPS) is 10.3. The summed E-state index contributed by atoms with van der Waals surface area (Å²) in [7, 11) is 1.50. The van der Waals surface area contributed by atoms with Gasteiger partial charge in [0.05, 0.1) is 27.8 Å². The number of rotatable bonds is 4. The van der Waals surface area contributed by atoms with E-state index in [0.717, 1.165) is 0 Å². The molecule has 0 atom stereocenters. The third kappa shape index (κ3) is 4.58. The molecule has 0 saturated carbocycles. The summed E-state index contributed by atoms with van der Waals surface area (Å²) in [6, 6.07) is 7.93. The number of carbonyl (C=O) groups excluding carboxylic acids is 2. The van der Waals surface area contributed by atoms with E-state index in [1.807, 2.05) is 0 Å². The Labute approximate surface area is 148 Å². The van der Waals surface area contributed by atoms with E-state index >= 15 is 0 Å². The summed E-state index contributed by atoms with van der Waals surface area (Å²) in [5.74, 6) is -0.771. The number of hydrogen-bond acceptors (Lipinski definition) is 3. The molecule has 0 spiro atoms. The molecule has 0 unspecified atom stereocenters. The average molecular weight is 373 g/mol. The van der Waals surface area contributed by atoms with E-state index in [1.54, 1.807) is 18.2 Å². The van der Waals surface area contributed by atoms with Crippen molar-refractivity contribution in [3.63, 3.8) is 0 Å². The fourth-order valence-electron chi connectivity index (χ4n) is 1.81. The van der Waals surface area contributed by atoms with Gasteiger partial charge in [-0.25, -0.2) is 4.98 Å². The zero-order valence-corrected chi connectivity index (χ0v) is 14.3. The third-order valence-corrected chi connectivity index (χ3v) is 3.78. The lowest BCUT2D eigenvalue weighted by Crippen LogP contribution is -2.35. The van der Waals surface area contributed by atoms with E-state index < -0.39 is 5.91 Å². The number of para-hydroxylation sites is 1. The molecular weight excluding hydrogens is 361 g/mol. The summed E-state index contributed by atoms with van der Waals surface area (Å²) in [6.07, 6.45) is 1.35. The van der Waals surface area contributed by atoms with Crippen LogP contribution in [0.1, 0.15) is 10.4 Å². The van der Waals surface area contributed by atoms with Crippen LogP contribution in [0.25, 0.3) is 0 Å². The number of likely N-dealkylation sites (N-methyl/N-ethyl adjacent to an activating group) is 1. The van der Waals surface area contributed by atoms with Crippen LogP contribution in [0, 0.1) is 0 Å². The Morgan fingerprint density at radius 3 is 2.35 bits per heavy atom. The lowest BCUT2D eigenvalue weighted by Gasteiger charge is -2.17. The van der Waals surface area contributed by atoms with Crippen molar-refractivity contribution in [1.82, 2.24) is 9.88 Å². The molecule has 0 fully saturated rings. The minimum Gasteiger partial charge on any atom is -0.332 e. The minimum atomic E-state index is -0.419. The first-order valence-corrected chi connectivity index (χ1v) is 7.62. The maximum atomic E-state index is 12.2. The number of halogens is 3. The highest BCUT2D eigenvalue weighted by Crippen LogP contribution is 2.29. The number of carbonyl (C=O) groups is 2. The third-order valence-electron chi connectivity index (χ3n) is 2.93. The van der Waals surface area contributed by atoms with Crippen molar-refractivity contribution in [2.75, 3.05) is 18.9 Å². The predicted octanol–water partition coefficient (Wildman–Crippen LogP) is 3.75. The van der Waals surface area contributed by atoms with Crippen LogP contribution in [-0.4, -0.2) is 35.3 Å². The second-order valence-electron chi connectivity index (χ2n) is 4.68. The Kier molecular flexibility index (Phi) is 5.82. The Balaban J connectivity index is 2.02. The standard InChI is InChI=1S/C15H12Cl3N3O2/c1-21(15(23)9-5-6-12(18)19-7-9)8-13(22)20-14-10(16)3-2-4-11(14)17/h2-7H,8H2,1H3,(H,20,22). The molecule has 8 heteroatoms. The Bertz CT molecular complexity index is 715. The van der Waals surface area contributed by atoms with Crippen LogP contribution in [0.5, 0.6) is 0 Å². The van der Waals surface area contributed by atoms with E-state index in [9.17, 15) is 9.59 Å². The zero-order chi connectivity index (χ0) is 17.0. The Morgan fingerprint density at radius 1 is 1.13 bits per heavy atom. The number of nitrogens with zero attached hydrogens (tertiary/aromatic N) is 2. The van der Waals surface area contributed by atoms with Crippen molar-refractivity contribution in [1.29, 1.82) is 0 Å². The van der Waals surface area contributed by atoms with Gasteiger partial charge in [-0.05, 0) is 24.3 Å². The Morgan fingerprint density at radius 2 is 1.78 bits per heavy atom. The predicted molar refractivity (Wildman–Crippen MR) is 91.3 cm³/mol. The van der Waals surface area contributed by atoms with Crippen LogP contribution in [0.15, 0.2) is 36.5 Å². The molecule has 2 rings (SSSR count). The molecule has 2 amide bonds. The molecule has 0 saturated heterocycles. The fraction of sp³-hybridized carbons (Fsp3) is 0.133. The largest absolute Gasteiger partial charge is 0.332 e. The second-order valence-corrected chi connectivity index (χ2v) is 5.88. The summed E-state index contributed by atoms with van der Waals surface area (Å²) in [5, 5.41) is 3.52. The molecule has 120 valence electrons. The van der Waals surface area contributed by atoms with Crippen molar-refractivity contribution in [3.8, 4) is 0 Å². The fourth-order valence-corrected chi connectivity index (χ4v) is 2.41. The first-order valence-electron chi connectivity index (χ1n) is 6.49. The van der Waals surface area contributed by atoms with E-state index in [-0.39, 0.29) is 17.6 Å². The summed E-state index contributed by atoms with van der Waals surface area (Å²) in [5.41, 5.74) is 0.648. The Hall–Kier alpha value is -1.82. The number of hydrogen-bond donors (Lipinski definition) is 1. The second kappa shape index (κ2) is 7.64. The van der Waals surface area contributed by atoms with Gasteiger partial charge in [0, 0.05) is 13.2 Å². The van der Waals surface area contributed by atoms with Crippen molar-refractivity contribution in [3.05, 3.63) is 57.3 Å². The number of amides is 2. The van der Waals surface area contributed by atoms with Gasteiger partial charge in [0.25, 0.3) is 5.91 Å². The number of pyridine rings is 1. The molecule has 1 aromatic carbocycles. The quantitative estimate of drug-likeness (QED) is 0.831. The van der Waals surface area contributed by atoms with Gasteiger partial charge in [-0.3, -0.25) is 9.59 Å². The van der Waals surface area contributed by atoms with Crippen LogP contribution in [-0.2, 0) is 4.79 Å². The maximum absolute atomic E-state index is 12.2. The first-order chi connectivity index (χ1) is 10.9. The van der Waals surface area contributed by atoms with Gasteiger partial charge in [-0.2, -0.15) is 0 Å². The first kappa shape index (κ1) is 17.5. The van der Waals surface area contributed by atoms with Crippen molar-refractivity contribution in [2.24, 2.45) is 0 Å². The molecule has 0 aliphatic carbocycles. The van der Waals surface area contributed by atoms with E-state index in [4.69, 9.17) is 34.8 Å². The molecule has 0 aliphatic rings. The molecular formula is C15H12Cl3N3O2. The van der Waals surface area contributed by atoms with Crippen LogP contribution in [0.4, 0.5) is 5.69 Å². The number of aromatic nitrogens is 1. The van der Waals surface area contributed by atoms with Crippen molar-refractivity contribution < 1.29 is 9.59 Å². The van der Waals surface area contributed by atoms with E-state index in [2.05, 4.69) is 10.3 Å². The molecule has 0 bridgehead atoms. The zero-order valence-electron chi connectivity index (χ0n) is 12.0. The van der Waals surface area contributed by atoms with Crippen LogP contribution in [0.2, 0.25) is 15.2 Å². The topological polar surface area (TPSA) is 62.3 Å². The highest BCUT2D eigenvalue weighted by molar-refractivity contribution is 6.39. The van der Waals surface area contributed by atoms with Crippen LogP contribution < -0.4 is 5.32 Å². The lowest BCUT2D eigenvalue weighted by molar-refractivity contribution is -0.116. The number of anilines is 1. The lowest BCUT2D eigenvalue weighted by atomic mass is 10.2. The highest BCUT2D eigenvalue weighted by Gasteiger charge is 2.17.